The standard InChI is InChI=1S/C23H16N4O3S/c1-29-17-7-4-14(5-8-17)23-26-19(13-31-23)21-18-11-15(6-9-20(18)30-27-21)22(28)25-16-3-2-10-24-12-16/h2-13H,1H3,(H,25,28). The highest BCUT2D eigenvalue weighted by atomic mass is 32.1. The Hall–Kier alpha value is -4.04. The third-order valence-electron chi connectivity index (χ3n) is 4.74. The molecule has 3 heterocycles. The topological polar surface area (TPSA) is 90.1 Å². The molecular formula is C23H16N4O3S. The van der Waals surface area contributed by atoms with Crippen LogP contribution in [0.4, 0.5) is 5.69 Å². The molecule has 0 saturated heterocycles. The molecule has 0 aliphatic heterocycles. The van der Waals surface area contributed by atoms with Gasteiger partial charge in [0.2, 0.25) is 0 Å². The van der Waals surface area contributed by atoms with Crippen LogP contribution in [0.5, 0.6) is 5.75 Å². The van der Waals surface area contributed by atoms with E-state index in [2.05, 4.69) is 15.5 Å². The lowest BCUT2D eigenvalue weighted by Crippen LogP contribution is -2.11. The Labute approximate surface area is 181 Å². The first-order valence-corrected chi connectivity index (χ1v) is 10.3. The highest BCUT2D eigenvalue weighted by molar-refractivity contribution is 7.13. The molecule has 0 aliphatic carbocycles. The molecule has 0 atom stereocenters. The summed E-state index contributed by atoms with van der Waals surface area (Å²) >= 11 is 1.52. The van der Waals surface area contributed by atoms with Gasteiger partial charge >= 0.3 is 0 Å². The van der Waals surface area contributed by atoms with Crippen molar-refractivity contribution in [2.24, 2.45) is 0 Å². The minimum Gasteiger partial charge on any atom is -0.497 e. The van der Waals surface area contributed by atoms with Crippen LogP contribution in [-0.4, -0.2) is 28.1 Å². The largest absolute Gasteiger partial charge is 0.497 e. The van der Waals surface area contributed by atoms with Crippen molar-refractivity contribution in [2.45, 2.75) is 0 Å². The Morgan fingerprint density at radius 2 is 2.00 bits per heavy atom. The lowest BCUT2D eigenvalue weighted by Gasteiger charge is -2.04. The van der Waals surface area contributed by atoms with Gasteiger partial charge < -0.3 is 14.6 Å². The second kappa shape index (κ2) is 8.00. The summed E-state index contributed by atoms with van der Waals surface area (Å²) < 4.78 is 10.7. The molecule has 8 heteroatoms. The molecule has 3 aromatic heterocycles. The lowest BCUT2D eigenvalue weighted by molar-refractivity contribution is 0.102. The number of carbonyl (C=O) groups excluding carboxylic acids is 1. The molecule has 0 fully saturated rings. The number of carbonyl (C=O) groups is 1. The van der Waals surface area contributed by atoms with Gasteiger partial charge in [0.15, 0.2) is 5.58 Å². The Morgan fingerprint density at radius 3 is 2.77 bits per heavy atom. The van der Waals surface area contributed by atoms with Crippen molar-refractivity contribution in [1.29, 1.82) is 0 Å². The van der Waals surface area contributed by atoms with Crippen molar-refractivity contribution in [2.75, 3.05) is 12.4 Å². The molecule has 1 N–H and O–H groups in total. The summed E-state index contributed by atoms with van der Waals surface area (Å²) in [6, 6.07) is 16.5. The molecule has 5 rings (SSSR count). The second-order valence-corrected chi connectivity index (χ2v) is 7.56. The number of hydrogen-bond donors (Lipinski definition) is 1. The maximum atomic E-state index is 12.7. The van der Waals surface area contributed by atoms with Crippen molar-refractivity contribution in [3.63, 3.8) is 0 Å². The first-order chi connectivity index (χ1) is 15.2. The maximum absolute atomic E-state index is 12.7. The number of benzene rings is 2. The molecule has 5 aromatic rings. The number of rotatable bonds is 5. The smallest absolute Gasteiger partial charge is 0.255 e. The highest BCUT2D eigenvalue weighted by Crippen LogP contribution is 2.33. The van der Waals surface area contributed by atoms with E-state index in [1.807, 2.05) is 29.6 Å². The van der Waals surface area contributed by atoms with Gasteiger partial charge in [-0.25, -0.2) is 4.98 Å². The van der Waals surface area contributed by atoms with E-state index in [0.29, 0.717) is 28.2 Å². The Kier molecular flexibility index (Phi) is 4.89. The van der Waals surface area contributed by atoms with Crippen LogP contribution in [-0.2, 0) is 0 Å². The fraction of sp³-hybridized carbons (Fsp3) is 0.0435. The summed E-state index contributed by atoms with van der Waals surface area (Å²) in [5, 5.41) is 10.5. The van der Waals surface area contributed by atoms with Crippen LogP contribution < -0.4 is 10.1 Å². The van der Waals surface area contributed by atoms with Crippen LogP contribution >= 0.6 is 11.3 Å². The maximum Gasteiger partial charge on any atom is 0.255 e. The van der Waals surface area contributed by atoms with Gasteiger partial charge in [0, 0.05) is 22.7 Å². The zero-order chi connectivity index (χ0) is 21.2. The van der Waals surface area contributed by atoms with E-state index in [1.165, 1.54) is 11.3 Å². The van der Waals surface area contributed by atoms with E-state index in [-0.39, 0.29) is 5.91 Å². The number of aromatic nitrogens is 3. The van der Waals surface area contributed by atoms with Gasteiger partial charge in [0.05, 0.1) is 24.4 Å². The molecule has 0 spiro atoms. The van der Waals surface area contributed by atoms with Gasteiger partial charge in [0.1, 0.15) is 22.1 Å². The minimum atomic E-state index is -0.237. The van der Waals surface area contributed by atoms with Crippen molar-refractivity contribution in [3.05, 3.63) is 77.9 Å². The van der Waals surface area contributed by atoms with Crippen molar-refractivity contribution >= 4 is 33.9 Å². The summed E-state index contributed by atoms with van der Waals surface area (Å²) in [7, 11) is 1.64. The Balaban J connectivity index is 1.46. The molecule has 0 bridgehead atoms. The van der Waals surface area contributed by atoms with Crippen LogP contribution in [0.15, 0.2) is 76.9 Å². The normalized spacial score (nSPS) is 10.9. The van der Waals surface area contributed by atoms with E-state index in [1.54, 1.807) is 49.8 Å². The SMILES string of the molecule is COc1ccc(-c2nc(-c3noc4ccc(C(=O)Nc5cccnc5)cc34)cs2)cc1. The van der Waals surface area contributed by atoms with Crippen LogP contribution in [0.3, 0.4) is 0 Å². The second-order valence-electron chi connectivity index (χ2n) is 6.70. The average molecular weight is 428 g/mol. The lowest BCUT2D eigenvalue weighted by atomic mass is 10.1. The first-order valence-electron chi connectivity index (χ1n) is 9.42. The van der Waals surface area contributed by atoms with E-state index in [4.69, 9.17) is 14.2 Å². The number of amides is 1. The number of methoxy groups -OCH3 is 1. The Bertz CT molecular complexity index is 1360. The van der Waals surface area contributed by atoms with Gasteiger partial charge in [-0.2, -0.15) is 0 Å². The van der Waals surface area contributed by atoms with Crippen LogP contribution in [0.25, 0.3) is 32.9 Å². The van der Waals surface area contributed by atoms with Crippen molar-refractivity contribution < 1.29 is 14.1 Å². The number of anilines is 1. The molecule has 0 radical (unpaired) electrons. The number of hydrogen-bond acceptors (Lipinski definition) is 7. The number of thiazole rings is 1. The van der Waals surface area contributed by atoms with Gasteiger partial charge in [-0.05, 0) is 54.6 Å². The van der Waals surface area contributed by atoms with E-state index >= 15 is 0 Å². The minimum absolute atomic E-state index is 0.237. The summed E-state index contributed by atoms with van der Waals surface area (Å²) in [5.74, 6) is 0.555. The van der Waals surface area contributed by atoms with Crippen LogP contribution in [0.2, 0.25) is 0 Å². The summed E-state index contributed by atoms with van der Waals surface area (Å²) in [4.78, 5) is 21.4. The van der Waals surface area contributed by atoms with E-state index in [9.17, 15) is 4.79 Å². The molecular weight excluding hydrogens is 412 g/mol. The number of fused-ring (bicyclic) bond motifs is 1. The third kappa shape index (κ3) is 3.76. The quantitative estimate of drug-likeness (QED) is 0.410. The fourth-order valence-corrected chi connectivity index (χ4v) is 3.96. The molecule has 1 amide bonds. The predicted octanol–water partition coefficient (Wildman–Crippen LogP) is 5.27. The molecule has 7 nitrogen and oxygen atoms in total. The van der Waals surface area contributed by atoms with Gasteiger partial charge in [-0.3, -0.25) is 9.78 Å². The van der Waals surface area contributed by atoms with Crippen molar-refractivity contribution in [1.82, 2.24) is 15.1 Å². The first kappa shape index (κ1) is 19.0. The van der Waals surface area contributed by atoms with Crippen LogP contribution in [0, 0.1) is 0 Å². The molecule has 0 aliphatic rings. The number of ether oxygens (including phenoxy) is 1. The number of pyridine rings is 1. The fourth-order valence-electron chi connectivity index (χ4n) is 3.15. The summed E-state index contributed by atoms with van der Waals surface area (Å²) in [6.45, 7) is 0. The Morgan fingerprint density at radius 1 is 1.13 bits per heavy atom. The van der Waals surface area contributed by atoms with E-state index < -0.39 is 0 Å². The summed E-state index contributed by atoms with van der Waals surface area (Å²) in [6.07, 6.45) is 3.25. The molecule has 152 valence electrons. The van der Waals surface area contributed by atoms with Gasteiger partial charge in [-0.15, -0.1) is 11.3 Å². The highest BCUT2D eigenvalue weighted by Gasteiger charge is 2.17. The monoisotopic (exact) mass is 428 g/mol. The van der Waals surface area contributed by atoms with Gasteiger partial charge in [0.25, 0.3) is 5.91 Å². The van der Waals surface area contributed by atoms with Gasteiger partial charge in [-0.1, -0.05) is 5.16 Å². The molecule has 31 heavy (non-hydrogen) atoms. The predicted molar refractivity (Wildman–Crippen MR) is 119 cm³/mol. The molecule has 0 saturated carbocycles. The van der Waals surface area contributed by atoms with E-state index in [0.717, 1.165) is 21.7 Å². The average Bonchev–Trinajstić information content (AvgIpc) is 3.46. The molecule has 2 aromatic carbocycles. The molecule has 0 unspecified atom stereocenters. The van der Waals surface area contributed by atoms with Crippen LogP contribution in [0.1, 0.15) is 10.4 Å². The zero-order valence-corrected chi connectivity index (χ0v) is 17.2. The number of nitrogens with zero attached hydrogens (tertiary/aromatic N) is 3. The van der Waals surface area contributed by atoms with Crippen molar-refractivity contribution in [3.8, 4) is 27.7 Å². The number of nitrogens with one attached hydrogen (secondary N) is 1. The third-order valence-corrected chi connectivity index (χ3v) is 5.63. The summed E-state index contributed by atoms with van der Waals surface area (Å²) in [5.41, 5.74) is 3.99. The zero-order valence-electron chi connectivity index (χ0n) is 16.4.